The maximum absolute atomic E-state index is 11.8. The SMILES string of the molecule is CN(C)C(=O)c1ccc(-c2ccc(-c3ccn[nH]3)cc2)nc1. The van der Waals surface area contributed by atoms with Gasteiger partial charge in [0.05, 0.1) is 17.0 Å². The number of carbonyl (C=O) groups excluding carboxylic acids is 1. The predicted molar refractivity (Wildman–Crippen MR) is 85.3 cm³/mol. The highest BCUT2D eigenvalue weighted by atomic mass is 16.2. The largest absolute Gasteiger partial charge is 0.345 e. The van der Waals surface area contributed by atoms with Crippen molar-refractivity contribution in [2.24, 2.45) is 0 Å². The van der Waals surface area contributed by atoms with E-state index in [-0.39, 0.29) is 5.91 Å². The molecule has 0 saturated carbocycles. The molecule has 1 aromatic carbocycles. The van der Waals surface area contributed by atoms with E-state index in [2.05, 4.69) is 15.2 Å². The summed E-state index contributed by atoms with van der Waals surface area (Å²) in [7, 11) is 3.45. The third-order valence-electron chi connectivity index (χ3n) is 3.41. The van der Waals surface area contributed by atoms with Gasteiger partial charge in [0.15, 0.2) is 0 Å². The van der Waals surface area contributed by atoms with Gasteiger partial charge in [-0.2, -0.15) is 5.10 Å². The zero-order chi connectivity index (χ0) is 15.5. The standard InChI is InChI=1S/C17H16N4O/c1-21(2)17(22)14-7-8-15(18-11-14)12-3-5-13(6-4-12)16-9-10-19-20-16/h3-11H,1-2H3,(H,19,20). The summed E-state index contributed by atoms with van der Waals surface area (Å²) in [6.45, 7) is 0. The molecule has 22 heavy (non-hydrogen) atoms. The number of nitrogens with zero attached hydrogens (tertiary/aromatic N) is 3. The molecule has 5 nitrogen and oxygen atoms in total. The Hall–Kier alpha value is -2.95. The molecule has 0 bridgehead atoms. The number of benzene rings is 1. The lowest BCUT2D eigenvalue weighted by Gasteiger charge is -2.10. The van der Waals surface area contributed by atoms with E-state index < -0.39 is 0 Å². The van der Waals surface area contributed by atoms with Crippen LogP contribution in [0.4, 0.5) is 0 Å². The Morgan fingerprint density at radius 1 is 1.00 bits per heavy atom. The van der Waals surface area contributed by atoms with Gasteiger partial charge in [-0.3, -0.25) is 14.9 Å². The van der Waals surface area contributed by atoms with Crippen molar-refractivity contribution in [2.75, 3.05) is 14.1 Å². The minimum Gasteiger partial charge on any atom is -0.345 e. The lowest BCUT2D eigenvalue weighted by molar-refractivity contribution is 0.0827. The Morgan fingerprint density at radius 3 is 2.27 bits per heavy atom. The molecule has 1 amide bonds. The molecule has 0 spiro atoms. The summed E-state index contributed by atoms with van der Waals surface area (Å²) in [6.07, 6.45) is 3.34. The average Bonchev–Trinajstić information content (AvgIpc) is 3.09. The van der Waals surface area contributed by atoms with E-state index in [0.29, 0.717) is 5.56 Å². The second-order valence-electron chi connectivity index (χ2n) is 5.18. The van der Waals surface area contributed by atoms with Gasteiger partial charge < -0.3 is 4.90 Å². The highest BCUT2D eigenvalue weighted by Crippen LogP contribution is 2.22. The first-order valence-electron chi connectivity index (χ1n) is 6.93. The molecular formula is C17H16N4O. The van der Waals surface area contributed by atoms with E-state index in [0.717, 1.165) is 22.5 Å². The van der Waals surface area contributed by atoms with Crippen LogP contribution >= 0.6 is 0 Å². The number of nitrogens with one attached hydrogen (secondary N) is 1. The van der Waals surface area contributed by atoms with Gasteiger partial charge in [0.2, 0.25) is 0 Å². The summed E-state index contributed by atoms with van der Waals surface area (Å²) >= 11 is 0. The second kappa shape index (κ2) is 5.81. The Balaban J connectivity index is 1.84. The van der Waals surface area contributed by atoms with Crippen LogP contribution < -0.4 is 0 Å². The van der Waals surface area contributed by atoms with Crippen LogP contribution in [-0.2, 0) is 0 Å². The van der Waals surface area contributed by atoms with Crippen molar-refractivity contribution in [3.05, 3.63) is 60.4 Å². The molecule has 3 rings (SSSR count). The molecule has 2 heterocycles. The first-order valence-corrected chi connectivity index (χ1v) is 6.93. The molecule has 0 aliphatic rings. The Bertz CT molecular complexity index is 759. The van der Waals surface area contributed by atoms with Crippen LogP contribution in [0.5, 0.6) is 0 Å². The molecule has 2 aromatic heterocycles. The lowest BCUT2D eigenvalue weighted by atomic mass is 10.1. The van der Waals surface area contributed by atoms with Crippen molar-refractivity contribution in [2.45, 2.75) is 0 Å². The summed E-state index contributed by atoms with van der Waals surface area (Å²) < 4.78 is 0. The lowest BCUT2D eigenvalue weighted by Crippen LogP contribution is -2.21. The molecule has 110 valence electrons. The molecule has 5 heteroatoms. The van der Waals surface area contributed by atoms with Crippen molar-refractivity contribution in [1.82, 2.24) is 20.1 Å². The number of amides is 1. The zero-order valence-corrected chi connectivity index (χ0v) is 12.4. The highest BCUT2D eigenvalue weighted by Gasteiger charge is 2.09. The minimum absolute atomic E-state index is 0.0476. The molecule has 0 fully saturated rings. The maximum Gasteiger partial charge on any atom is 0.254 e. The van der Waals surface area contributed by atoms with Crippen LogP contribution in [0.25, 0.3) is 22.5 Å². The molecule has 0 atom stereocenters. The van der Waals surface area contributed by atoms with Gasteiger partial charge in [-0.25, -0.2) is 0 Å². The Labute approximate surface area is 128 Å². The van der Waals surface area contributed by atoms with Gasteiger partial charge in [-0.1, -0.05) is 24.3 Å². The fourth-order valence-corrected chi connectivity index (χ4v) is 2.19. The number of carbonyl (C=O) groups is 1. The van der Waals surface area contributed by atoms with Gasteiger partial charge in [-0.15, -0.1) is 0 Å². The van der Waals surface area contributed by atoms with E-state index in [1.165, 1.54) is 4.90 Å². The molecule has 0 radical (unpaired) electrons. The third kappa shape index (κ3) is 2.74. The number of hydrogen-bond acceptors (Lipinski definition) is 3. The van der Waals surface area contributed by atoms with Crippen molar-refractivity contribution < 1.29 is 4.79 Å². The van der Waals surface area contributed by atoms with Crippen molar-refractivity contribution in [3.8, 4) is 22.5 Å². The molecule has 3 aromatic rings. The van der Waals surface area contributed by atoms with Crippen LogP contribution in [0.1, 0.15) is 10.4 Å². The number of pyridine rings is 1. The molecule has 0 aliphatic carbocycles. The first kappa shape index (κ1) is 14.0. The summed E-state index contributed by atoms with van der Waals surface area (Å²) in [5.41, 5.74) is 4.48. The summed E-state index contributed by atoms with van der Waals surface area (Å²) in [6, 6.07) is 13.6. The van der Waals surface area contributed by atoms with Crippen LogP contribution in [0.3, 0.4) is 0 Å². The van der Waals surface area contributed by atoms with Gasteiger partial charge in [-0.05, 0) is 23.8 Å². The Morgan fingerprint density at radius 2 is 1.73 bits per heavy atom. The Kier molecular flexibility index (Phi) is 3.70. The van der Waals surface area contributed by atoms with E-state index in [1.807, 2.05) is 36.4 Å². The van der Waals surface area contributed by atoms with Crippen LogP contribution in [0.2, 0.25) is 0 Å². The summed E-state index contributed by atoms with van der Waals surface area (Å²) in [5, 5.41) is 6.88. The van der Waals surface area contributed by atoms with Gasteiger partial charge in [0, 0.05) is 32.1 Å². The van der Waals surface area contributed by atoms with E-state index in [4.69, 9.17) is 0 Å². The van der Waals surface area contributed by atoms with E-state index in [9.17, 15) is 4.79 Å². The minimum atomic E-state index is -0.0476. The molecule has 0 aliphatic heterocycles. The predicted octanol–water partition coefficient (Wildman–Crippen LogP) is 2.84. The number of hydrogen-bond donors (Lipinski definition) is 1. The number of rotatable bonds is 3. The molecule has 1 N–H and O–H groups in total. The quantitative estimate of drug-likeness (QED) is 0.807. The normalized spacial score (nSPS) is 10.5. The van der Waals surface area contributed by atoms with Gasteiger partial charge >= 0.3 is 0 Å². The highest BCUT2D eigenvalue weighted by molar-refractivity contribution is 5.93. The van der Waals surface area contributed by atoms with E-state index in [1.54, 1.807) is 32.6 Å². The van der Waals surface area contributed by atoms with E-state index >= 15 is 0 Å². The zero-order valence-electron chi connectivity index (χ0n) is 12.4. The number of aromatic amines is 1. The number of aromatic nitrogens is 3. The van der Waals surface area contributed by atoms with Crippen molar-refractivity contribution in [1.29, 1.82) is 0 Å². The summed E-state index contributed by atoms with van der Waals surface area (Å²) in [5.74, 6) is -0.0476. The maximum atomic E-state index is 11.8. The second-order valence-corrected chi connectivity index (χ2v) is 5.18. The smallest absolute Gasteiger partial charge is 0.254 e. The molecule has 0 unspecified atom stereocenters. The van der Waals surface area contributed by atoms with Crippen LogP contribution in [0, 0.1) is 0 Å². The number of H-pyrrole nitrogens is 1. The fourth-order valence-electron chi connectivity index (χ4n) is 2.19. The topological polar surface area (TPSA) is 61.9 Å². The van der Waals surface area contributed by atoms with Crippen LogP contribution in [0.15, 0.2) is 54.9 Å². The monoisotopic (exact) mass is 292 g/mol. The summed E-state index contributed by atoms with van der Waals surface area (Å²) in [4.78, 5) is 17.8. The van der Waals surface area contributed by atoms with Crippen molar-refractivity contribution in [3.63, 3.8) is 0 Å². The first-order chi connectivity index (χ1) is 10.6. The molecular weight excluding hydrogens is 276 g/mol. The third-order valence-corrected chi connectivity index (χ3v) is 3.41. The van der Waals surface area contributed by atoms with Gasteiger partial charge in [0.25, 0.3) is 5.91 Å². The van der Waals surface area contributed by atoms with Crippen LogP contribution in [-0.4, -0.2) is 40.1 Å². The average molecular weight is 292 g/mol. The van der Waals surface area contributed by atoms with Crippen molar-refractivity contribution >= 4 is 5.91 Å². The van der Waals surface area contributed by atoms with Gasteiger partial charge in [0.1, 0.15) is 0 Å². The fraction of sp³-hybridized carbons (Fsp3) is 0.118. The molecule has 0 saturated heterocycles.